The number of piperazine rings is 1. The Balaban J connectivity index is 1.67. The van der Waals surface area contributed by atoms with E-state index in [-0.39, 0.29) is 18.0 Å². The summed E-state index contributed by atoms with van der Waals surface area (Å²) in [6.45, 7) is 3.55. The maximum absolute atomic E-state index is 12.3. The summed E-state index contributed by atoms with van der Waals surface area (Å²) in [5.74, 6) is -1.18. The molecule has 0 bridgehead atoms. The van der Waals surface area contributed by atoms with E-state index in [0.29, 0.717) is 6.42 Å². The number of hydrogen-bond donors (Lipinski definition) is 3. The fraction of sp³-hybridized carbons (Fsp3) is 0.467. The number of rotatable bonds is 3. The molecule has 23 heavy (non-hydrogen) atoms. The highest BCUT2D eigenvalue weighted by Crippen LogP contribution is 2.15. The lowest BCUT2D eigenvalue weighted by molar-refractivity contribution is -0.134. The van der Waals surface area contributed by atoms with E-state index in [1.807, 2.05) is 6.07 Å². The number of nitrogens with one attached hydrogen (secondary N) is 3. The number of aromatic nitrogens is 1. The fourth-order valence-electron chi connectivity index (χ4n) is 2.73. The van der Waals surface area contributed by atoms with Crippen molar-refractivity contribution in [3.05, 3.63) is 24.0 Å². The SMILES string of the molecule is O=C1CC[C@@H](NC(=O)c2cc(N3CCNCC3)ccn2)C(=O)N1. The lowest BCUT2D eigenvalue weighted by Gasteiger charge is -2.29. The first-order chi connectivity index (χ1) is 11.1. The predicted octanol–water partition coefficient (Wildman–Crippen LogP) is -0.974. The summed E-state index contributed by atoms with van der Waals surface area (Å²) in [5.41, 5.74) is 1.21. The minimum absolute atomic E-state index is 0.227. The Bertz CT molecular complexity index is 627. The van der Waals surface area contributed by atoms with Gasteiger partial charge in [0.1, 0.15) is 11.7 Å². The van der Waals surface area contributed by atoms with Crippen LogP contribution in [0, 0.1) is 0 Å². The van der Waals surface area contributed by atoms with Crippen molar-refractivity contribution in [3.63, 3.8) is 0 Å². The molecule has 122 valence electrons. The minimum atomic E-state index is -0.690. The van der Waals surface area contributed by atoms with E-state index in [2.05, 4.69) is 25.8 Å². The normalized spacial score (nSPS) is 21.7. The van der Waals surface area contributed by atoms with Gasteiger partial charge in [0, 0.05) is 44.5 Å². The zero-order chi connectivity index (χ0) is 16.2. The summed E-state index contributed by atoms with van der Waals surface area (Å²) in [7, 11) is 0. The molecule has 0 radical (unpaired) electrons. The van der Waals surface area contributed by atoms with Crippen LogP contribution in [0.1, 0.15) is 23.3 Å². The van der Waals surface area contributed by atoms with Gasteiger partial charge in [-0.3, -0.25) is 24.7 Å². The number of nitrogens with zero attached hydrogens (tertiary/aromatic N) is 2. The van der Waals surface area contributed by atoms with Gasteiger partial charge in [0.05, 0.1) is 0 Å². The molecule has 0 aromatic carbocycles. The molecule has 2 fully saturated rings. The number of pyridine rings is 1. The van der Waals surface area contributed by atoms with Crippen molar-refractivity contribution >= 4 is 23.4 Å². The van der Waals surface area contributed by atoms with Crippen molar-refractivity contribution in [1.29, 1.82) is 0 Å². The van der Waals surface area contributed by atoms with Gasteiger partial charge < -0.3 is 15.5 Å². The van der Waals surface area contributed by atoms with Crippen LogP contribution in [-0.2, 0) is 9.59 Å². The first-order valence-electron chi connectivity index (χ1n) is 7.70. The molecule has 2 aliphatic heterocycles. The number of carbonyl (C=O) groups excluding carboxylic acids is 3. The van der Waals surface area contributed by atoms with Crippen molar-refractivity contribution in [2.75, 3.05) is 31.1 Å². The van der Waals surface area contributed by atoms with Crippen molar-refractivity contribution < 1.29 is 14.4 Å². The van der Waals surface area contributed by atoms with E-state index in [1.54, 1.807) is 12.3 Å². The lowest BCUT2D eigenvalue weighted by Crippen LogP contribution is -2.52. The molecule has 3 N–H and O–H groups in total. The van der Waals surface area contributed by atoms with Gasteiger partial charge in [-0.05, 0) is 18.6 Å². The molecule has 8 heteroatoms. The fourth-order valence-corrected chi connectivity index (χ4v) is 2.73. The van der Waals surface area contributed by atoms with Crippen LogP contribution in [0.15, 0.2) is 18.3 Å². The molecule has 3 amide bonds. The van der Waals surface area contributed by atoms with Crippen LogP contribution in [0.4, 0.5) is 5.69 Å². The second kappa shape index (κ2) is 6.74. The summed E-state index contributed by atoms with van der Waals surface area (Å²) >= 11 is 0. The second-order valence-electron chi connectivity index (χ2n) is 5.61. The molecular weight excluding hydrogens is 298 g/mol. The third-order valence-corrected chi connectivity index (χ3v) is 4.00. The van der Waals surface area contributed by atoms with Gasteiger partial charge in [-0.2, -0.15) is 0 Å². The quantitative estimate of drug-likeness (QED) is 0.620. The van der Waals surface area contributed by atoms with E-state index in [4.69, 9.17) is 0 Å². The smallest absolute Gasteiger partial charge is 0.270 e. The molecule has 2 saturated heterocycles. The van der Waals surface area contributed by atoms with Gasteiger partial charge in [-0.25, -0.2) is 0 Å². The van der Waals surface area contributed by atoms with Crippen LogP contribution in [0.2, 0.25) is 0 Å². The topological polar surface area (TPSA) is 103 Å². The van der Waals surface area contributed by atoms with Gasteiger partial charge in [0.15, 0.2) is 0 Å². The largest absolute Gasteiger partial charge is 0.369 e. The Hall–Kier alpha value is -2.48. The summed E-state index contributed by atoms with van der Waals surface area (Å²) in [6.07, 6.45) is 2.13. The third-order valence-electron chi connectivity index (χ3n) is 4.00. The molecule has 0 saturated carbocycles. The van der Waals surface area contributed by atoms with E-state index < -0.39 is 17.9 Å². The Kier molecular flexibility index (Phi) is 4.52. The molecule has 1 atom stereocenters. The van der Waals surface area contributed by atoms with E-state index in [9.17, 15) is 14.4 Å². The van der Waals surface area contributed by atoms with E-state index >= 15 is 0 Å². The number of anilines is 1. The maximum Gasteiger partial charge on any atom is 0.270 e. The number of hydrogen-bond acceptors (Lipinski definition) is 6. The highest BCUT2D eigenvalue weighted by atomic mass is 16.2. The Labute approximate surface area is 133 Å². The zero-order valence-corrected chi connectivity index (χ0v) is 12.7. The highest BCUT2D eigenvalue weighted by Gasteiger charge is 2.28. The van der Waals surface area contributed by atoms with Crippen LogP contribution in [0.3, 0.4) is 0 Å². The highest BCUT2D eigenvalue weighted by molar-refractivity contribution is 6.03. The van der Waals surface area contributed by atoms with Crippen LogP contribution >= 0.6 is 0 Å². The molecule has 1 aromatic heterocycles. The third kappa shape index (κ3) is 3.65. The molecule has 8 nitrogen and oxygen atoms in total. The van der Waals surface area contributed by atoms with Gasteiger partial charge in [-0.1, -0.05) is 0 Å². The summed E-state index contributed by atoms with van der Waals surface area (Å²) in [5, 5.41) is 8.14. The number of carbonyl (C=O) groups is 3. The van der Waals surface area contributed by atoms with Crippen LogP contribution in [0.5, 0.6) is 0 Å². The molecule has 1 aromatic rings. The Morgan fingerprint density at radius 3 is 2.83 bits per heavy atom. The molecule has 3 rings (SSSR count). The predicted molar refractivity (Wildman–Crippen MR) is 83.0 cm³/mol. The molecule has 0 spiro atoms. The van der Waals surface area contributed by atoms with Gasteiger partial charge in [0.25, 0.3) is 5.91 Å². The average Bonchev–Trinajstić information content (AvgIpc) is 2.58. The van der Waals surface area contributed by atoms with E-state index in [1.165, 1.54) is 0 Å². The van der Waals surface area contributed by atoms with Crippen LogP contribution in [-0.4, -0.2) is 54.9 Å². The average molecular weight is 317 g/mol. The summed E-state index contributed by atoms with van der Waals surface area (Å²) < 4.78 is 0. The second-order valence-corrected chi connectivity index (χ2v) is 5.61. The summed E-state index contributed by atoms with van der Waals surface area (Å²) in [6, 6.07) is 2.91. The first-order valence-corrected chi connectivity index (χ1v) is 7.70. The number of amides is 3. The molecule has 3 heterocycles. The van der Waals surface area contributed by atoms with Crippen molar-refractivity contribution in [1.82, 2.24) is 20.9 Å². The van der Waals surface area contributed by atoms with Gasteiger partial charge in [-0.15, -0.1) is 0 Å². The van der Waals surface area contributed by atoms with Crippen molar-refractivity contribution in [3.8, 4) is 0 Å². The van der Waals surface area contributed by atoms with Gasteiger partial charge in [0.2, 0.25) is 11.8 Å². The monoisotopic (exact) mass is 317 g/mol. The number of piperidine rings is 1. The van der Waals surface area contributed by atoms with Crippen molar-refractivity contribution in [2.45, 2.75) is 18.9 Å². The standard InChI is InChI=1S/C15H19N5O3/c21-13-2-1-11(14(22)19-13)18-15(23)12-9-10(3-4-17-12)20-7-5-16-6-8-20/h3-4,9,11,16H,1-2,5-8H2,(H,18,23)(H,19,21,22)/t11-/m1/s1. The molecular formula is C15H19N5O3. The van der Waals surface area contributed by atoms with Gasteiger partial charge >= 0.3 is 0 Å². The minimum Gasteiger partial charge on any atom is -0.369 e. The lowest BCUT2D eigenvalue weighted by atomic mass is 10.1. The Morgan fingerprint density at radius 1 is 1.30 bits per heavy atom. The molecule has 2 aliphatic rings. The Morgan fingerprint density at radius 2 is 2.09 bits per heavy atom. The number of imide groups is 1. The van der Waals surface area contributed by atoms with Crippen LogP contribution < -0.4 is 20.9 Å². The van der Waals surface area contributed by atoms with Crippen LogP contribution in [0.25, 0.3) is 0 Å². The molecule has 0 aliphatic carbocycles. The van der Waals surface area contributed by atoms with Crippen molar-refractivity contribution in [2.24, 2.45) is 0 Å². The molecule has 0 unspecified atom stereocenters. The summed E-state index contributed by atoms with van der Waals surface area (Å²) in [4.78, 5) is 41.4. The van der Waals surface area contributed by atoms with E-state index in [0.717, 1.165) is 31.9 Å². The zero-order valence-electron chi connectivity index (χ0n) is 12.7. The maximum atomic E-state index is 12.3. The first kappa shape index (κ1) is 15.4.